The Labute approximate surface area is 109 Å². The first-order chi connectivity index (χ1) is 8.20. The highest BCUT2D eigenvalue weighted by Crippen LogP contribution is 2.42. The van der Waals surface area contributed by atoms with Crippen molar-refractivity contribution >= 4 is 22.9 Å². The van der Waals surface area contributed by atoms with Crippen LogP contribution in [0.15, 0.2) is 29.9 Å². The molecule has 2 nitrogen and oxygen atoms in total. The molecule has 2 aromatic rings. The topological polar surface area (TPSA) is 33.1 Å². The summed E-state index contributed by atoms with van der Waals surface area (Å²) in [5.41, 5.74) is 3.02. The number of halogens is 1. The van der Waals surface area contributed by atoms with Crippen molar-refractivity contribution in [2.24, 2.45) is 0 Å². The Bertz CT molecular complexity index is 540. The quantitative estimate of drug-likeness (QED) is 0.858. The summed E-state index contributed by atoms with van der Waals surface area (Å²) in [5.74, 6) is 0. The van der Waals surface area contributed by atoms with Gasteiger partial charge in [0.2, 0.25) is 0 Å². The average Bonchev–Trinajstić information content (AvgIpc) is 2.82. The molecule has 0 radical (unpaired) electrons. The van der Waals surface area contributed by atoms with Crippen LogP contribution in [0.5, 0.6) is 0 Å². The summed E-state index contributed by atoms with van der Waals surface area (Å²) in [5, 5.41) is 11.6. The van der Waals surface area contributed by atoms with Crippen molar-refractivity contribution in [3.63, 3.8) is 0 Å². The number of hydrogen-bond donors (Lipinski definition) is 1. The maximum absolute atomic E-state index is 10.9. The lowest BCUT2D eigenvalue weighted by atomic mass is 9.78. The first kappa shape index (κ1) is 11.2. The number of rotatable bonds is 1. The van der Waals surface area contributed by atoms with Gasteiger partial charge < -0.3 is 5.11 Å². The molecule has 1 aliphatic carbocycles. The number of aryl methyl sites for hydroxylation is 1. The van der Waals surface area contributed by atoms with E-state index in [0.29, 0.717) is 0 Å². The van der Waals surface area contributed by atoms with Crippen molar-refractivity contribution in [1.29, 1.82) is 0 Å². The maximum atomic E-state index is 10.9. The van der Waals surface area contributed by atoms with Crippen LogP contribution >= 0.6 is 22.9 Å². The highest BCUT2D eigenvalue weighted by Gasteiger charge is 2.37. The molecule has 0 fully saturated rings. The first-order valence-electron chi connectivity index (χ1n) is 5.60. The van der Waals surface area contributed by atoms with Gasteiger partial charge in [-0.3, -0.25) is 4.98 Å². The van der Waals surface area contributed by atoms with E-state index in [4.69, 9.17) is 11.6 Å². The average molecular weight is 266 g/mol. The molecule has 0 amide bonds. The molecule has 1 aliphatic rings. The fourth-order valence-electron chi connectivity index (χ4n) is 2.52. The van der Waals surface area contributed by atoms with E-state index in [1.54, 1.807) is 11.7 Å². The van der Waals surface area contributed by atoms with Crippen LogP contribution in [0, 0.1) is 0 Å². The summed E-state index contributed by atoms with van der Waals surface area (Å²) in [6.45, 7) is 0. The van der Waals surface area contributed by atoms with E-state index in [-0.39, 0.29) is 0 Å². The van der Waals surface area contributed by atoms with E-state index < -0.39 is 5.60 Å². The molecule has 3 rings (SSSR count). The Hall–Kier alpha value is -0.900. The summed E-state index contributed by atoms with van der Waals surface area (Å²) in [6, 6.07) is 5.75. The van der Waals surface area contributed by atoms with Gasteiger partial charge in [-0.1, -0.05) is 17.7 Å². The molecule has 1 atom stereocenters. The van der Waals surface area contributed by atoms with Gasteiger partial charge in [0.05, 0.1) is 10.4 Å². The minimum Gasteiger partial charge on any atom is -0.379 e. The number of aromatic nitrogens is 1. The Morgan fingerprint density at radius 3 is 3.06 bits per heavy atom. The van der Waals surface area contributed by atoms with Gasteiger partial charge in [0.15, 0.2) is 0 Å². The van der Waals surface area contributed by atoms with E-state index >= 15 is 0 Å². The number of nitrogens with zero attached hydrogens (tertiary/aromatic N) is 1. The SMILES string of the molecule is OC1(c2cncs2)CCCc2cc(Cl)ccc21. The molecule has 1 aromatic heterocycles. The molecule has 88 valence electrons. The van der Waals surface area contributed by atoms with Crippen LogP contribution in [0.2, 0.25) is 5.02 Å². The molecule has 1 unspecified atom stereocenters. The predicted molar refractivity (Wildman–Crippen MR) is 69.5 cm³/mol. The lowest BCUT2D eigenvalue weighted by molar-refractivity contribution is 0.0651. The predicted octanol–water partition coefficient (Wildman–Crippen LogP) is 3.37. The van der Waals surface area contributed by atoms with Crippen molar-refractivity contribution < 1.29 is 5.11 Å². The Morgan fingerprint density at radius 2 is 2.29 bits per heavy atom. The Morgan fingerprint density at radius 1 is 1.41 bits per heavy atom. The summed E-state index contributed by atoms with van der Waals surface area (Å²) in [4.78, 5) is 4.98. The van der Waals surface area contributed by atoms with E-state index in [9.17, 15) is 5.11 Å². The van der Waals surface area contributed by atoms with E-state index in [0.717, 1.165) is 40.3 Å². The van der Waals surface area contributed by atoms with Gasteiger partial charge in [0.25, 0.3) is 0 Å². The van der Waals surface area contributed by atoms with Crippen LogP contribution in [0.4, 0.5) is 0 Å². The van der Waals surface area contributed by atoms with E-state index in [1.165, 1.54) is 11.3 Å². The van der Waals surface area contributed by atoms with E-state index in [1.807, 2.05) is 18.2 Å². The molecule has 1 N–H and O–H groups in total. The lowest BCUT2D eigenvalue weighted by Crippen LogP contribution is -2.30. The maximum Gasteiger partial charge on any atom is 0.126 e. The molecule has 4 heteroatoms. The third kappa shape index (κ3) is 1.79. The third-order valence-electron chi connectivity index (χ3n) is 3.34. The lowest BCUT2D eigenvalue weighted by Gasteiger charge is -2.33. The zero-order chi connectivity index (χ0) is 11.9. The van der Waals surface area contributed by atoms with Crippen molar-refractivity contribution in [3.8, 4) is 0 Å². The standard InChI is InChI=1S/C13H12ClNOS/c14-10-3-4-11-9(6-10)2-1-5-13(11,16)12-7-15-8-17-12/h3-4,6-8,16H,1-2,5H2. The number of aliphatic hydroxyl groups is 1. The van der Waals surface area contributed by atoms with Crippen LogP contribution < -0.4 is 0 Å². The fourth-order valence-corrected chi connectivity index (χ4v) is 3.48. The molecule has 0 spiro atoms. The van der Waals surface area contributed by atoms with Crippen LogP contribution in [0.25, 0.3) is 0 Å². The molecule has 0 aliphatic heterocycles. The highest BCUT2D eigenvalue weighted by molar-refractivity contribution is 7.09. The Kier molecular flexibility index (Phi) is 2.69. The van der Waals surface area contributed by atoms with Crippen molar-refractivity contribution in [2.45, 2.75) is 24.9 Å². The van der Waals surface area contributed by atoms with Gasteiger partial charge in [-0.25, -0.2) is 0 Å². The van der Waals surface area contributed by atoms with Crippen molar-refractivity contribution in [1.82, 2.24) is 4.98 Å². The molecular weight excluding hydrogens is 254 g/mol. The number of benzene rings is 1. The van der Waals surface area contributed by atoms with E-state index in [2.05, 4.69) is 4.98 Å². The molecule has 0 saturated heterocycles. The summed E-state index contributed by atoms with van der Waals surface area (Å²) in [6.07, 6.45) is 4.47. The molecule has 0 bridgehead atoms. The summed E-state index contributed by atoms with van der Waals surface area (Å²) >= 11 is 7.51. The van der Waals surface area contributed by atoms with Crippen molar-refractivity contribution in [3.05, 3.63) is 50.9 Å². The second-order valence-electron chi connectivity index (χ2n) is 4.38. The number of fused-ring (bicyclic) bond motifs is 1. The van der Waals surface area contributed by atoms with Crippen LogP contribution in [0.1, 0.15) is 28.8 Å². The highest BCUT2D eigenvalue weighted by atomic mass is 35.5. The molecule has 1 heterocycles. The molecule has 17 heavy (non-hydrogen) atoms. The van der Waals surface area contributed by atoms with Gasteiger partial charge in [-0.15, -0.1) is 11.3 Å². The fraction of sp³-hybridized carbons (Fsp3) is 0.308. The summed E-state index contributed by atoms with van der Waals surface area (Å²) < 4.78 is 0. The van der Waals surface area contributed by atoms with Crippen molar-refractivity contribution in [2.75, 3.05) is 0 Å². The molecule has 0 saturated carbocycles. The summed E-state index contributed by atoms with van der Waals surface area (Å²) in [7, 11) is 0. The normalized spacial score (nSPS) is 23.4. The second kappa shape index (κ2) is 4.09. The van der Waals surface area contributed by atoms with Crippen LogP contribution in [0.3, 0.4) is 0 Å². The monoisotopic (exact) mass is 265 g/mol. The minimum atomic E-state index is -0.876. The van der Waals surface area contributed by atoms with Gasteiger partial charge in [-0.05, 0) is 42.5 Å². The smallest absolute Gasteiger partial charge is 0.126 e. The molecular formula is C13H12ClNOS. The number of thiazole rings is 1. The van der Waals surface area contributed by atoms with Gasteiger partial charge in [-0.2, -0.15) is 0 Å². The van der Waals surface area contributed by atoms with Gasteiger partial charge in [0.1, 0.15) is 5.60 Å². The largest absolute Gasteiger partial charge is 0.379 e. The number of hydrogen-bond acceptors (Lipinski definition) is 3. The minimum absolute atomic E-state index is 0.734. The zero-order valence-electron chi connectivity index (χ0n) is 9.19. The van der Waals surface area contributed by atoms with Gasteiger partial charge in [0, 0.05) is 11.2 Å². The van der Waals surface area contributed by atoms with Crippen LogP contribution in [-0.4, -0.2) is 10.1 Å². The third-order valence-corrected chi connectivity index (χ3v) is 4.50. The second-order valence-corrected chi connectivity index (χ2v) is 5.70. The van der Waals surface area contributed by atoms with Crippen LogP contribution in [-0.2, 0) is 12.0 Å². The molecule has 1 aromatic carbocycles. The van der Waals surface area contributed by atoms with Gasteiger partial charge >= 0.3 is 0 Å². The zero-order valence-corrected chi connectivity index (χ0v) is 10.8. The Balaban J connectivity index is 2.17. The first-order valence-corrected chi connectivity index (χ1v) is 6.86.